The quantitative estimate of drug-likeness (QED) is 0.755. The van der Waals surface area contributed by atoms with E-state index in [9.17, 15) is 26.3 Å². The van der Waals surface area contributed by atoms with Crippen molar-refractivity contribution in [2.24, 2.45) is 5.73 Å². The molecule has 0 fully saturated rings. The van der Waals surface area contributed by atoms with E-state index in [1.807, 2.05) is 0 Å². The maximum atomic E-state index is 12.2. The van der Waals surface area contributed by atoms with Crippen LogP contribution in [0.25, 0.3) is 0 Å². The Morgan fingerprint density at radius 2 is 1.24 bits per heavy atom. The first-order valence-electron chi connectivity index (χ1n) is 6.50. The second kappa shape index (κ2) is 7.83. The molecule has 2 aromatic carbocycles. The van der Waals surface area contributed by atoms with E-state index >= 15 is 0 Å². The van der Waals surface area contributed by atoms with Gasteiger partial charge in [0.2, 0.25) is 0 Å². The molecule has 3 nitrogen and oxygen atoms in total. The van der Waals surface area contributed by atoms with Gasteiger partial charge < -0.3 is 15.2 Å². The minimum Gasteiger partial charge on any atom is -0.406 e. The Labute approximate surface area is 144 Å². The predicted octanol–water partition coefficient (Wildman–Crippen LogP) is 4.95. The number of nitrogens with two attached hydrogens (primary N) is 1. The van der Waals surface area contributed by atoms with Crippen LogP contribution in [0.1, 0.15) is 17.2 Å². The molecule has 0 heterocycles. The van der Waals surface area contributed by atoms with Crippen molar-refractivity contribution in [1.29, 1.82) is 0 Å². The van der Waals surface area contributed by atoms with Gasteiger partial charge in [-0.2, -0.15) is 0 Å². The summed E-state index contributed by atoms with van der Waals surface area (Å²) in [6.45, 7) is 0. The Kier molecular flexibility index (Phi) is 6.55. The summed E-state index contributed by atoms with van der Waals surface area (Å²) in [5, 5.41) is 0. The summed E-state index contributed by atoms with van der Waals surface area (Å²) >= 11 is 0. The summed E-state index contributed by atoms with van der Waals surface area (Å²) in [6, 6.07) is 8.92. The van der Waals surface area contributed by atoms with Gasteiger partial charge in [-0.1, -0.05) is 24.3 Å². The smallest absolute Gasteiger partial charge is 0.406 e. The van der Waals surface area contributed by atoms with E-state index in [1.54, 1.807) is 0 Å². The molecule has 0 unspecified atom stereocenters. The van der Waals surface area contributed by atoms with Crippen LogP contribution in [0.2, 0.25) is 0 Å². The molecule has 138 valence electrons. The first-order chi connectivity index (χ1) is 11.0. The van der Waals surface area contributed by atoms with Crippen molar-refractivity contribution in [1.82, 2.24) is 0 Å². The summed E-state index contributed by atoms with van der Waals surface area (Å²) in [5.74, 6) is -0.861. The number of benzene rings is 2. The van der Waals surface area contributed by atoms with Gasteiger partial charge in [-0.05, 0) is 35.4 Å². The van der Waals surface area contributed by atoms with E-state index in [0.717, 1.165) is 24.3 Å². The van der Waals surface area contributed by atoms with Crippen molar-refractivity contribution >= 4 is 12.4 Å². The SMILES string of the molecule is Cl.N[C@@H](c1ccc(OC(F)(F)F)cc1)c1cccc(OC(F)(F)F)c1. The lowest BCUT2D eigenvalue weighted by molar-refractivity contribution is -0.275. The van der Waals surface area contributed by atoms with E-state index in [0.29, 0.717) is 11.1 Å². The lowest BCUT2D eigenvalue weighted by Gasteiger charge is -2.16. The zero-order valence-electron chi connectivity index (χ0n) is 12.3. The molecule has 2 rings (SSSR count). The van der Waals surface area contributed by atoms with Crippen molar-refractivity contribution in [3.8, 4) is 11.5 Å². The highest BCUT2D eigenvalue weighted by atomic mass is 35.5. The average Bonchev–Trinajstić information content (AvgIpc) is 2.44. The number of alkyl halides is 6. The fraction of sp³-hybridized carbons (Fsp3) is 0.200. The van der Waals surface area contributed by atoms with E-state index in [2.05, 4.69) is 9.47 Å². The summed E-state index contributed by atoms with van der Waals surface area (Å²) in [5.41, 5.74) is 6.63. The highest BCUT2D eigenvalue weighted by Gasteiger charge is 2.32. The third kappa shape index (κ3) is 6.71. The van der Waals surface area contributed by atoms with Crippen LogP contribution >= 0.6 is 12.4 Å². The number of rotatable bonds is 4. The van der Waals surface area contributed by atoms with Gasteiger partial charge in [-0.15, -0.1) is 38.7 Å². The maximum absolute atomic E-state index is 12.2. The fourth-order valence-electron chi connectivity index (χ4n) is 1.97. The molecule has 0 amide bonds. The molecule has 2 aromatic rings. The van der Waals surface area contributed by atoms with E-state index < -0.39 is 30.3 Å². The van der Waals surface area contributed by atoms with E-state index in [1.165, 1.54) is 24.3 Å². The first-order valence-corrected chi connectivity index (χ1v) is 6.50. The van der Waals surface area contributed by atoms with Crippen molar-refractivity contribution in [3.63, 3.8) is 0 Å². The summed E-state index contributed by atoms with van der Waals surface area (Å²) < 4.78 is 80.5. The largest absolute Gasteiger partial charge is 0.573 e. The second-order valence-electron chi connectivity index (χ2n) is 4.71. The molecule has 0 saturated carbocycles. The first kappa shape index (κ1) is 20.9. The molecule has 0 aromatic heterocycles. The summed E-state index contributed by atoms with van der Waals surface area (Å²) in [7, 11) is 0. The van der Waals surface area contributed by atoms with Gasteiger partial charge >= 0.3 is 12.7 Å². The highest BCUT2D eigenvalue weighted by Crippen LogP contribution is 2.29. The van der Waals surface area contributed by atoms with Crippen molar-refractivity contribution < 1.29 is 35.8 Å². The molecule has 1 atom stereocenters. The predicted molar refractivity (Wildman–Crippen MR) is 79.5 cm³/mol. The van der Waals surface area contributed by atoms with E-state index in [4.69, 9.17) is 5.73 Å². The van der Waals surface area contributed by atoms with Crippen molar-refractivity contribution in [2.45, 2.75) is 18.8 Å². The fourth-order valence-corrected chi connectivity index (χ4v) is 1.97. The third-order valence-electron chi connectivity index (χ3n) is 2.92. The summed E-state index contributed by atoms with van der Waals surface area (Å²) in [6.07, 6.45) is -9.65. The van der Waals surface area contributed by atoms with Crippen LogP contribution in [0.3, 0.4) is 0 Å². The van der Waals surface area contributed by atoms with Crippen LogP contribution in [0, 0.1) is 0 Å². The molecule has 2 N–H and O–H groups in total. The van der Waals surface area contributed by atoms with Gasteiger partial charge in [0.25, 0.3) is 0 Å². The minimum atomic E-state index is -4.83. The number of ether oxygens (including phenoxy) is 2. The van der Waals surface area contributed by atoms with Crippen LogP contribution in [-0.4, -0.2) is 12.7 Å². The molecular weight excluding hydrogens is 376 g/mol. The normalized spacial score (nSPS) is 12.9. The second-order valence-corrected chi connectivity index (χ2v) is 4.71. The lowest BCUT2D eigenvalue weighted by Crippen LogP contribution is -2.18. The van der Waals surface area contributed by atoms with Crippen molar-refractivity contribution in [2.75, 3.05) is 0 Å². The van der Waals surface area contributed by atoms with Gasteiger partial charge in [-0.25, -0.2) is 0 Å². The third-order valence-corrected chi connectivity index (χ3v) is 2.92. The zero-order valence-corrected chi connectivity index (χ0v) is 13.1. The Balaban J connectivity index is 0.00000312. The van der Waals surface area contributed by atoms with Crippen LogP contribution in [0.15, 0.2) is 48.5 Å². The average molecular weight is 388 g/mol. The van der Waals surface area contributed by atoms with Crippen LogP contribution < -0.4 is 15.2 Å². The Morgan fingerprint density at radius 3 is 1.76 bits per heavy atom. The van der Waals surface area contributed by atoms with Gasteiger partial charge in [0, 0.05) is 0 Å². The molecule has 0 aliphatic heterocycles. The van der Waals surface area contributed by atoms with Crippen LogP contribution in [0.5, 0.6) is 11.5 Å². The molecule has 10 heteroatoms. The molecule has 0 bridgehead atoms. The molecule has 0 aliphatic carbocycles. The molecule has 0 spiro atoms. The lowest BCUT2D eigenvalue weighted by atomic mass is 9.99. The molecular formula is C15H12ClF6NO2. The minimum absolute atomic E-state index is 0. The molecule has 0 radical (unpaired) electrons. The molecule has 0 saturated heterocycles. The maximum Gasteiger partial charge on any atom is 0.573 e. The Hall–Kier alpha value is -2.13. The standard InChI is InChI=1S/C15H11F6NO2.ClH/c16-14(17,18)23-11-6-4-9(5-7-11)13(22)10-2-1-3-12(8-10)24-15(19,20)21;/h1-8,13H,22H2;1H/t13-;/m0./s1. The number of halogens is 7. The molecule has 25 heavy (non-hydrogen) atoms. The van der Waals surface area contributed by atoms with Gasteiger partial charge in [0.05, 0.1) is 6.04 Å². The van der Waals surface area contributed by atoms with Gasteiger partial charge in [-0.3, -0.25) is 0 Å². The topological polar surface area (TPSA) is 44.5 Å². The molecule has 0 aliphatic rings. The van der Waals surface area contributed by atoms with E-state index in [-0.39, 0.29) is 12.4 Å². The van der Waals surface area contributed by atoms with Gasteiger partial charge in [0.1, 0.15) is 11.5 Å². The monoisotopic (exact) mass is 387 g/mol. The highest BCUT2D eigenvalue weighted by molar-refractivity contribution is 5.85. The van der Waals surface area contributed by atoms with Gasteiger partial charge in [0.15, 0.2) is 0 Å². The van der Waals surface area contributed by atoms with Crippen LogP contribution in [-0.2, 0) is 0 Å². The number of hydrogen-bond donors (Lipinski definition) is 1. The zero-order chi connectivity index (χ0) is 18.0. The Morgan fingerprint density at radius 1 is 0.720 bits per heavy atom. The Bertz CT molecular complexity index is 688. The van der Waals surface area contributed by atoms with Crippen LogP contribution in [0.4, 0.5) is 26.3 Å². The summed E-state index contributed by atoms with van der Waals surface area (Å²) in [4.78, 5) is 0. The van der Waals surface area contributed by atoms with Crippen molar-refractivity contribution in [3.05, 3.63) is 59.7 Å². The number of hydrogen-bond acceptors (Lipinski definition) is 3.